The van der Waals surface area contributed by atoms with Gasteiger partial charge in [-0.1, -0.05) is 0 Å². The molecule has 2 aromatic rings. The minimum atomic E-state index is -1.47. The largest absolute Gasteiger partial charge is 0.339 e. The van der Waals surface area contributed by atoms with Crippen molar-refractivity contribution in [2.24, 2.45) is 7.05 Å². The summed E-state index contributed by atoms with van der Waals surface area (Å²) in [5.74, 6) is -4.01. The predicted molar refractivity (Wildman–Crippen MR) is 58.3 cm³/mol. The number of pyridine rings is 1. The van der Waals surface area contributed by atoms with Crippen molar-refractivity contribution in [3.63, 3.8) is 0 Å². The Labute approximate surface area is 107 Å². The topological polar surface area (TPSA) is 80.6 Å². The first kappa shape index (κ1) is 13.3. The van der Waals surface area contributed by atoms with Gasteiger partial charge >= 0.3 is 11.1 Å². The molecule has 0 saturated carbocycles. The fourth-order valence-corrected chi connectivity index (χ4v) is 1.90. The Bertz CT molecular complexity index is 758. The van der Waals surface area contributed by atoms with E-state index in [1.54, 1.807) is 0 Å². The Morgan fingerprint density at radius 3 is 2.58 bits per heavy atom. The number of rotatable bonds is 2. The fraction of sp³-hybridized carbons (Fsp3) is 0.111. The first-order valence-electron chi connectivity index (χ1n) is 4.75. The molecule has 0 radical (unpaired) electrons. The molecule has 0 spiro atoms. The summed E-state index contributed by atoms with van der Waals surface area (Å²) in [6, 6.07) is 0.328. The third kappa shape index (κ3) is 2.67. The maximum absolute atomic E-state index is 13.4. The van der Waals surface area contributed by atoms with E-state index in [0.717, 1.165) is 4.68 Å². The number of hydrogen-bond acceptors (Lipinski definition) is 5. The Morgan fingerprint density at radius 1 is 1.21 bits per heavy atom. The minimum absolute atomic E-state index is 0.123. The highest BCUT2D eigenvalue weighted by Crippen LogP contribution is 2.25. The normalized spacial score (nSPS) is 10.7. The van der Waals surface area contributed by atoms with E-state index in [0.29, 0.717) is 17.8 Å². The molecule has 10 heteroatoms. The summed E-state index contributed by atoms with van der Waals surface area (Å²) in [5, 5.41) is 1.49. The molecule has 2 aromatic heterocycles. The monoisotopic (exact) mass is 290 g/mol. The number of H-pyrrole nitrogens is 1. The molecule has 2 rings (SSSR count). The molecule has 0 bridgehead atoms. The van der Waals surface area contributed by atoms with E-state index >= 15 is 0 Å². The van der Waals surface area contributed by atoms with Gasteiger partial charge in [-0.3, -0.25) is 19.4 Å². The SMILES string of the molecule is Cn1[nH]c(=O)c(=O)nc1Sc1nc(F)c(F)cc1F. The first-order valence-corrected chi connectivity index (χ1v) is 5.57. The van der Waals surface area contributed by atoms with Gasteiger partial charge in [0.25, 0.3) is 0 Å². The van der Waals surface area contributed by atoms with Gasteiger partial charge in [0.2, 0.25) is 5.95 Å². The van der Waals surface area contributed by atoms with Crippen LogP contribution in [0, 0.1) is 17.6 Å². The van der Waals surface area contributed by atoms with Gasteiger partial charge in [0.05, 0.1) is 0 Å². The van der Waals surface area contributed by atoms with Gasteiger partial charge in [0.1, 0.15) is 5.03 Å². The summed E-state index contributed by atoms with van der Waals surface area (Å²) in [5.41, 5.74) is -2.03. The number of aromatic amines is 1. The smallest absolute Gasteiger partial charge is 0.265 e. The molecule has 0 unspecified atom stereocenters. The summed E-state index contributed by atoms with van der Waals surface area (Å²) in [7, 11) is 1.34. The molecule has 2 heterocycles. The van der Waals surface area contributed by atoms with E-state index in [4.69, 9.17) is 0 Å². The second kappa shape index (κ2) is 4.88. The van der Waals surface area contributed by atoms with Crippen molar-refractivity contribution in [1.29, 1.82) is 0 Å². The highest BCUT2D eigenvalue weighted by atomic mass is 32.2. The van der Waals surface area contributed by atoms with Gasteiger partial charge in [0.15, 0.2) is 16.8 Å². The maximum atomic E-state index is 13.4. The predicted octanol–water partition coefficient (Wildman–Crippen LogP) is 0.432. The first-order chi connectivity index (χ1) is 8.88. The Balaban J connectivity index is 2.47. The van der Waals surface area contributed by atoms with Crippen LogP contribution in [-0.4, -0.2) is 19.7 Å². The van der Waals surface area contributed by atoms with E-state index < -0.39 is 33.7 Å². The van der Waals surface area contributed by atoms with Crippen molar-refractivity contribution >= 4 is 11.8 Å². The molecule has 0 amide bonds. The molecule has 0 atom stereocenters. The molecule has 100 valence electrons. The van der Waals surface area contributed by atoms with E-state index in [2.05, 4.69) is 15.1 Å². The van der Waals surface area contributed by atoms with Gasteiger partial charge in [-0.15, -0.1) is 0 Å². The van der Waals surface area contributed by atoms with E-state index in [1.165, 1.54) is 7.05 Å². The van der Waals surface area contributed by atoms with Crippen molar-refractivity contribution in [3.8, 4) is 0 Å². The van der Waals surface area contributed by atoms with Crippen LogP contribution in [0.4, 0.5) is 13.2 Å². The van der Waals surface area contributed by atoms with Crippen LogP contribution < -0.4 is 11.1 Å². The van der Waals surface area contributed by atoms with Crippen molar-refractivity contribution < 1.29 is 13.2 Å². The zero-order chi connectivity index (χ0) is 14.2. The van der Waals surface area contributed by atoms with E-state index in [9.17, 15) is 22.8 Å². The highest BCUT2D eigenvalue weighted by molar-refractivity contribution is 7.99. The minimum Gasteiger partial charge on any atom is -0.265 e. The highest BCUT2D eigenvalue weighted by Gasteiger charge is 2.15. The third-order valence-electron chi connectivity index (χ3n) is 1.99. The second-order valence-electron chi connectivity index (χ2n) is 3.35. The molecule has 0 aliphatic heterocycles. The van der Waals surface area contributed by atoms with Gasteiger partial charge < -0.3 is 0 Å². The van der Waals surface area contributed by atoms with Crippen molar-refractivity contribution in [1.82, 2.24) is 19.7 Å². The fourth-order valence-electron chi connectivity index (χ4n) is 1.14. The third-order valence-corrected chi connectivity index (χ3v) is 3.02. The lowest BCUT2D eigenvalue weighted by molar-refractivity contribution is 0.447. The average molecular weight is 290 g/mol. The summed E-state index contributed by atoms with van der Waals surface area (Å²) in [4.78, 5) is 28.4. The Hall–Kier alpha value is -2.10. The van der Waals surface area contributed by atoms with Gasteiger partial charge in [-0.25, -0.2) is 13.8 Å². The van der Waals surface area contributed by atoms with Gasteiger partial charge in [-0.2, -0.15) is 9.37 Å². The van der Waals surface area contributed by atoms with Crippen LogP contribution in [0.2, 0.25) is 0 Å². The van der Waals surface area contributed by atoms with Crippen LogP contribution >= 0.6 is 11.8 Å². The quantitative estimate of drug-likeness (QED) is 0.641. The summed E-state index contributed by atoms with van der Waals surface area (Å²) in [6.07, 6.45) is 0. The van der Waals surface area contributed by atoms with Crippen molar-refractivity contribution in [2.45, 2.75) is 10.2 Å². The lowest BCUT2D eigenvalue weighted by Crippen LogP contribution is -2.33. The number of halogens is 3. The number of nitrogens with one attached hydrogen (secondary N) is 1. The molecule has 0 aliphatic carbocycles. The molecule has 0 saturated heterocycles. The summed E-state index contributed by atoms with van der Waals surface area (Å²) < 4.78 is 40.0. The maximum Gasteiger partial charge on any atom is 0.339 e. The van der Waals surface area contributed by atoms with Crippen LogP contribution in [0.15, 0.2) is 25.8 Å². The van der Waals surface area contributed by atoms with Gasteiger partial charge in [0, 0.05) is 13.1 Å². The van der Waals surface area contributed by atoms with Crippen molar-refractivity contribution in [2.75, 3.05) is 0 Å². The molecule has 0 aliphatic rings. The zero-order valence-corrected chi connectivity index (χ0v) is 10.1. The number of hydrogen-bond donors (Lipinski definition) is 1. The molecule has 6 nitrogen and oxygen atoms in total. The Morgan fingerprint density at radius 2 is 1.89 bits per heavy atom. The van der Waals surface area contributed by atoms with Crippen molar-refractivity contribution in [3.05, 3.63) is 44.4 Å². The second-order valence-corrected chi connectivity index (χ2v) is 4.31. The number of aromatic nitrogens is 4. The molecule has 1 N–H and O–H groups in total. The lowest BCUT2D eigenvalue weighted by Gasteiger charge is -2.06. The van der Waals surface area contributed by atoms with Crippen LogP contribution in [0.1, 0.15) is 0 Å². The van der Waals surface area contributed by atoms with Crippen LogP contribution in [0.25, 0.3) is 0 Å². The summed E-state index contributed by atoms with van der Waals surface area (Å²) >= 11 is 0.476. The van der Waals surface area contributed by atoms with Crippen LogP contribution in [0.5, 0.6) is 0 Å². The van der Waals surface area contributed by atoms with Gasteiger partial charge in [-0.05, 0) is 11.8 Å². The Kier molecular flexibility index (Phi) is 3.42. The lowest BCUT2D eigenvalue weighted by atomic mass is 10.4. The number of aryl methyl sites for hydroxylation is 1. The molecule has 0 fully saturated rings. The number of nitrogens with zero attached hydrogens (tertiary/aromatic N) is 3. The average Bonchev–Trinajstić information content (AvgIpc) is 2.32. The van der Waals surface area contributed by atoms with E-state index in [1.807, 2.05) is 0 Å². The standard InChI is InChI=1S/C9H5F3N4O2S/c1-16-9(14-6(17)7(18)15-16)19-8-4(11)2-3(10)5(12)13-8/h2H,1H3,(H,15,18). The van der Waals surface area contributed by atoms with Crippen LogP contribution in [0.3, 0.4) is 0 Å². The molecule has 0 aromatic carbocycles. The molecule has 19 heavy (non-hydrogen) atoms. The van der Waals surface area contributed by atoms with Crippen LogP contribution in [-0.2, 0) is 7.05 Å². The summed E-state index contributed by atoms with van der Waals surface area (Å²) in [6.45, 7) is 0. The van der Waals surface area contributed by atoms with E-state index in [-0.39, 0.29) is 5.16 Å². The molecular weight excluding hydrogens is 285 g/mol. The zero-order valence-electron chi connectivity index (χ0n) is 9.28. The molecular formula is C9H5F3N4O2S.